The molecule has 0 spiro atoms. The van der Waals surface area contributed by atoms with Crippen LogP contribution in [0.4, 0.5) is 11.1 Å². The number of rotatable bonds is 8. The lowest BCUT2D eigenvalue weighted by Crippen LogP contribution is -2.27. The van der Waals surface area contributed by atoms with Gasteiger partial charge in [-0.1, -0.05) is 49.0 Å². The van der Waals surface area contributed by atoms with Gasteiger partial charge in [0.15, 0.2) is 10.3 Å². The average Bonchev–Trinajstić information content (AvgIpc) is 3.23. The van der Waals surface area contributed by atoms with Gasteiger partial charge in [0.1, 0.15) is 6.04 Å². The van der Waals surface area contributed by atoms with E-state index in [-0.39, 0.29) is 11.9 Å². The molecule has 7 nitrogen and oxygen atoms in total. The number of thiazole rings is 1. The van der Waals surface area contributed by atoms with Crippen molar-refractivity contribution in [1.29, 1.82) is 0 Å². The van der Waals surface area contributed by atoms with Gasteiger partial charge in [-0.3, -0.25) is 9.36 Å². The lowest BCUT2D eigenvalue weighted by atomic mass is 10.2. The summed E-state index contributed by atoms with van der Waals surface area (Å²) in [6.07, 6.45) is 1.48. The number of aryl methyl sites for hydroxylation is 2. The molecule has 0 fully saturated rings. The molecule has 0 saturated carbocycles. The summed E-state index contributed by atoms with van der Waals surface area (Å²) in [6, 6.07) is 9.76. The van der Waals surface area contributed by atoms with Crippen LogP contribution in [-0.4, -0.2) is 31.4 Å². The van der Waals surface area contributed by atoms with Crippen molar-refractivity contribution in [2.45, 2.75) is 37.9 Å². The number of anilines is 2. The van der Waals surface area contributed by atoms with E-state index in [0.717, 1.165) is 17.9 Å². The molecule has 142 valence electrons. The number of carbonyl (C=O) groups is 1. The maximum Gasteiger partial charge on any atom is 0.249 e. The standard InChI is InChI=1S/C18H22N6OS2/c1-3-14(15(25)21-17-20-12(2)11-27-17)24-16(19)22-23-18(24)26-10-9-13-7-5-4-6-8-13/h4-8,11,14H,3,9-10H2,1-2H3,(H2,19,22)(H,20,21,25). The Kier molecular flexibility index (Phi) is 6.46. The molecule has 0 bridgehead atoms. The van der Waals surface area contributed by atoms with Gasteiger partial charge in [0.25, 0.3) is 0 Å². The first-order valence-corrected chi connectivity index (χ1v) is 10.5. The van der Waals surface area contributed by atoms with Crippen LogP contribution in [0.2, 0.25) is 0 Å². The van der Waals surface area contributed by atoms with Crippen LogP contribution in [0.1, 0.15) is 30.6 Å². The Balaban J connectivity index is 1.70. The molecule has 2 aromatic heterocycles. The van der Waals surface area contributed by atoms with E-state index >= 15 is 0 Å². The zero-order chi connectivity index (χ0) is 19.2. The second-order valence-electron chi connectivity index (χ2n) is 6.00. The summed E-state index contributed by atoms with van der Waals surface area (Å²) >= 11 is 2.95. The van der Waals surface area contributed by atoms with E-state index in [1.165, 1.54) is 16.9 Å². The highest BCUT2D eigenvalue weighted by atomic mass is 32.2. The van der Waals surface area contributed by atoms with Gasteiger partial charge >= 0.3 is 0 Å². The number of amides is 1. The van der Waals surface area contributed by atoms with Gasteiger partial charge in [-0.05, 0) is 25.3 Å². The van der Waals surface area contributed by atoms with Gasteiger partial charge < -0.3 is 11.1 Å². The smallest absolute Gasteiger partial charge is 0.249 e. The van der Waals surface area contributed by atoms with Crippen LogP contribution in [0.5, 0.6) is 0 Å². The summed E-state index contributed by atoms with van der Waals surface area (Å²) in [6.45, 7) is 3.83. The number of benzene rings is 1. The summed E-state index contributed by atoms with van der Waals surface area (Å²) < 4.78 is 1.71. The number of nitrogen functional groups attached to an aromatic ring is 1. The monoisotopic (exact) mass is 402 g/mol. The first-order valence-electron chi connectivity index (χ1n) is 8.68. The Morgan fingerprint density at radius 2 is 2.11 bits per heavy atom. The van der Waals surface area contributed by atoms with Gasteiger partial charge in [-0.25, -0.2) is 4.98 Å². The molecular weight excluding hydrogens is 380 g/mol. The van der Waals surface area contributed by atoms with Crippen molar-refractivity contribution in [3.63, 3.8) is 0 Å². The SMILES string of the molecule is CCC(C(=O)Nc1nc(C)cs1)n1c(N)nnc1SCCc1ccccc1. The van der Waals surface area contributed by atoms with Crippen LogP contribution < -0.4 is 11.1 Å². The quantitative estimate of drug-likeness (QED) is 0.559. The van der Waals surface area contributed by atoms with Crippen molar-refractivity contribution in [3.05, 3.63) is 47.0 Å². The highest BCUT2D eigenvalue weighted by Gasteiger charge is 2.25. The largest absolute Gasteiger partial charge is 0.368 e. The van der Waals surface area contributed by atoms with E-state index in [4.69, 9.17) is 5.73 Å². The van der Waals surface area contributed by atoms with Crippen molar-refractivity contribution >= 4 is 40.1 Å². The summed E-state index contributed by atoms with van der Waals surface area (Å²) in [4.78, 5) is 17.1. The molecule has 1 amide bonds. The molecular formula is C18H22N6OS2. The third-order valence-electron chi connectivity index (χ3n) is 4.01. The number of thioether (sulfide) groups is 1. The highest BCUT2D eigenvalue weighted by molar-refractivity contribution is 7.99. The Bertz CT molecular complexity index is 892. The third kappa shape index (κ3) is 4.86. The molecule has 3 N–H and O–H groups in total. The summed E-state index contributed by atoms with van der Waals surface area (Å²) in [5.41, 5.74) is 8.16. The Hall–Kier alpha value is -2.39. The van der Waals surface area contributed by atoms with E-state index in [1.807, 2.05) is 37.4 Å². The van der Waals surface area contributed by atoms with Gasteiger partial charge in [0, 0.05) is 11.1 Å². The number of nitrogens with zero attached hydrogens (tertiary/aromatic N) is 4. The molecule has 0 aliphatic rings. The van der Waals surface area contributed by atoms with Gasteiger partial charge in [-0.2, -0.15) is 0 Å². The predicted molar refractivity (Wildman–Crippen MR) is 110 cm³/mol. The molecule has 2 heterocycles. The molecule has 1 unspecified atom stereocenters. The van der Waals surface area contributed by atoms with Crippen molar-refractivity contribution < 1.29 is 4.79 Å². The highest BCUT2D eigenvalue weighted by Crippen LogP contribution is 2.27. The maximum atomic E-state index is 12.8. The zero-order valence-electron chi connectivity index (χ0n) is 15.3. The van der Waals surface area contributed by atoms with Gasteiger partial charge in [0.2, 0.25) is 11.9 Å². The van der Waals surface area contributed by atoms with Crippen molar-refractivity contribution in [1.82, 2.24) is 19.7 Å². The third-order valence-corrected chi connectivity index (χ3v) is 5.83. The minimum atomic E-state index is -0.483. The molecule has 27 heavy (non-hydrogen) atoms. The minimum Gasteiger partial charge on any atom is -0.368 e. The normalized spacial score (nSPS) is 12.1. The van der Waals surface area contributed by atoms with Crippen molar-refractivity contribution in [2.75, 3.05) is 16.8 Å². The Labute approximate surface area is 166 Å². The maximum absolute atomic E-state index is 12.8. The molecule has 9 heteroatoms. The Morgan fingerprint density at radius 3 is 2.78 bits per heavy atom. The Morgan fingerprint density at radius 1 is 1.33 bits per heavy atom. The number of hydrogen-bond donors (Lipinski definition) is 2. The zero-order valence-corrected chi connectivity index (χ0v) is 16.9. The molecule has 0 aliphatic heterocycles. The summed E-state index contributed by atoms with van der Waals surface area (Å²) in [5, 5.41) is 14.1. The molecule has 0 saturated heterocycles. The van der Waals surface area contributed by atoms with E-state index < -0.39 is 6.04 Å². The van der Waals surface area contributed by atoms with E-state index in [0.29, 0.717) is 16.7 Å². The first kappa shape index (κ1) is 19.4. The fourth-order valence-electron chi connectivity index (χ4n) is 2.67. The summed E-state index contributed by atoms with van der Waals surface area (Å²) in [5.74, 6) is 0.907. The number of hydrogen-bond acceptors (Lipinski definition) is 7. The molecule has 3 rings (SSSR count). The second kappa shape index (κ2) is 9.01. The van der Waals surface area contributed by atoms with Gasteiger partial charge in [0.05, 0.1) is 5.69 Å². The van der Waals surface area contributed by atoms with Crippen LogP contribution in [0.3, 0.4) is 0 Å². The van der Waals surface area contributed by atoms with E-state index in [2.05, 4.69) is 32.6 Å². The van der Waals surface area contributed by atoms with Crippen molar-refractivity contribution in [3.8, 4) is 0 Å². The molecule has 1 atom stereocenters. The number of aromatic nitrogens is 4. The summed E-state index contributed by atoms with van der Waals surface area (Å²) in [7, 11) is 0. The number of carbonyl (C=O) groups excluding carboxylic acids is 1. The molecule has 3 aromatic rings. The van der Waals surface area contributed by atoms with Crippen LogP contribution in [0.15, 0.2) is 40.9 Å². The minimum absolute atomic E-state index is 0.164. The topological polar surface area (TPSA) is 98.7 Å². The van der Waals surface area contributed by atoms with Crippen LogP contribution in [0.25, 0.3) is 0 Å². The van der Waals surface area contributed by atoms with E-state index in [9.17, 15) is 4.79 Å². The first-order chi connectivity index (χ1) is 13.1. The predicted octanol–water partition coefficient (Wildman–Crippen LogP) is 3.55. The van der Waals surface area contributed by atoms with Crippen LogP contribution >= 0.6 is 23.1 Å². The van der Waals surface area contributed by atoms with Crippen molar-refractivity contribution in [2.24, 2.45) is 0 Å². The van der Waals surface area contributed by atoms with E-state index in [1.54, 1.807) is 16.3 Å². The second-order valence-corrected chi connectivity index (χ2v) is 7.92. The lowest BCUT2D eigenvalue weighted by molar-refractivity contribution is -0.119. The molecule has 0 radical (unpaired) electrons. The molecule has 1 aromatic carbocycles. The number of nitrogens with two attached hydrogens (primary N) is 1. The fourth-order valence-corrected chi connectivity index (χ4v) is 4.34. The van der Waals surface area contributed by atoms with Crippen LogP contribution in [-0.2, 0) is 11.2 Å². The molecule has 0 aliphatic carbocycles. The van der Waals surface area contributed by atoms with Crippen LogP contribution in [0, 0.1) is 6.92 Å². The fraction of sp³-hybridized carbons (Fsp3) is 0.333. The lowest BCUT2D eigenvalue weighted by Gasteiger charge is -2.18. The van der Waals surface area contributed by atoms with Gasteiger partial charge in [-0.15, -0.1) is 21.5 Å². The number of nitrogens with one attached hydrogen (secondary N) is 1. The average molecular weight is 403 g/mol.